The Morgan fingerprint density at radius 2 is 1.65 bits per heavy atom. The van der Waals surface area contributed by atoms with Gasteiger partial charge in [0.1, 0.15) is 6.04 Å². The first kappa shape index (κ1) is 18.6. The van der Waals surface area contributed by atoms with Gasteiger partial charge in [-0.15, -0.1) is 0 Å². The van der Waals surface area contributed by atoms with Crippen molar-refractivity contribution < 1.29 is 17.9 Å². The number of amides is 1. The van der Waals surface area contributed by atoms with Crippen molar-refractivity contribution in [2.45, 2.75) is 17.9 Å². The third kappa shape index (κ3) is 4.30. The normalized spacial score (nSPS) is 16.3. The average molecular weight is 374 g/mol. The molecule has 6 nitrogen and oxygen atoms in total. The standard InChI is InChI=1S/C19H22N2O4S/c1-15-7-9-17(10-8-15)26(23,24)20-18(16-5-3-2-4-6-16)19(22)21-11-13-25-14-12-21/h2-10,18,20H,11-14H2,1H3/t18-/m0/s1. The van der Waals surface area contributed by atoms with Crippen LogP contribution in [0.4, 0.5) is 0 Å². The summed E-state index contributed by atoms with van der Waals surface area (Å²) in [5, 5.41) is 0. The topological polar surface area (TPSA) is 75.7 Å². The smallest absolute Gasteiger partial charge is 0.245 e. The molecule has 1 aliphatic rings. The quantitative estimate of drug-likeness (QED) is 0.867. The second-order valence-corrected chi connectivity index (χ2v) is 7.93. The average Bonchev–Trinajstić information content (AvgIpc) is 2.67. The summed E-state index contributed by atoms with van der Waals surface area (Å²) in [6, 6.07) is 14.5. The van der Waals surface area contributed by atoms with Gasteiger partial charge in [-0.3, -0.25) is 4.79 Å². The molecule has 0 bridgehead atoms. The molecular weight excluding hydrogens is 352 g/mol. The summed E-state index contributed by atoms with van der Waals surface area (Å²) in [7, 11) is -3.84. The summed E-state index contributed by atoms with van der Waals surface area (Å²) < 4.78 is 33.5. The van der Waals surface area contributed by atoms with Crippen LogP contribution in [0.25, 0.3) is 0 Å². The first-order valence-corrected chi connectivity index (χ1v) is 9.96. The molecule has 1 heterocycles. The molecule has 0 saturated carbocycles. The molecule has 2 aromatic rings. The molecule has 0 unspecified atom stereocenters. The highest BCUT2D eigenvalue weighted by molar-refractivity contribution is 7.89. The van der Waals surface area contributed by atoms with Crippen molar-refractivity contribution in [2.75, 3.05) is 26.3 Å². The minimum atomic E-state index is -3.84. The summed E-state index contributed by atoms with van der Waals surface area (Å²) in [5.74, 6) is -0.268. The van der Waals surface area contributed by atoms with Crippen LogP contribution >= 0.6 is 0 Å². The fraction of sp³-hybridized carbons (Fsp3) is 0.316. The summed E-state index contributed by atoms with van der Waals surface area (Å²) in [6.07, 6.45) is 0. The first-order valence-electron chi connectivity index (χ1n) is 8.48. The molecule has 0 aliphatic carbocycles. The number of benzene rings is 2. The van der Waals surface area contributed by atoms with Crippen LogP contribution in [-0.2, 0) is 19.6 Å². The Balaban J connectivity index is 1.90. The molecule has 1 fully saturated rings. The van der Waals surface area contributed by atoms with Crippen LogP contribution in [0.2, 0.25) is 0 Å². The lowest BCUT2D eigenvalue weighted by molar-refractivity contribution is -0.137. The van der Waals surface area contributed by atoms with Crippen molar-refractivity contribution >= 4 is 15.9 Å². The molecule has 1 amide bonds. The Bertz CT molecular complexity index is 845. The summed E-state index contributed by atoms with van der Waals surface area (Å²) in [5.41, 5.74) is 1.58. The van der Waals surface area contributed by atoms with Crippen molar-refractivity contribution in [3.05, 3.63) is 65.7 Å². The van der Waals surface area contributed by atoms with Crippen LogP contribution in [0, 0.1) is 6.92 Å². The fourth-order valence-electron chi connectivity index (χ4n) is 2.81. The minimum absolute atomic E-state index is 0.138. The molecular formula is C19H22N2O4S. The number of aryl methyl sites for hydroxylation is 1. The summed E-state index contributed by atoms with van der Waals surface area (Å²) in [6.45, 7) is 3.71. The highest BCUT2D eigenvalue weighted by Crippen LogP contribution is 2.20. The van der Waals surface area contributed by atoms with E-state index in [2.05, 4.69) is 4.72 Å². The van der Waals surface area contributed by atoms with Gasteiger partial charge in [-0.2, -0.15) is 4.72 Å². The monoisotopic (exact) mass is 374 g/mol. The number of nitrogens with zero attached hydrogens (tertiary/aromatic N) is 1. The zero-order valence-corrected chi connectivity index (χ0v) is 15.4. The lowest BCUT2D eigenvalue weighted by Crippen LogP contribution is -2.47. The van der Waals surface area contributed by atoms with Crippen LogP contribution < -0.4 is 4.72 Å². The fourth-order valence-corrected chi connectivity index (χ4v) is 3.99. The van der Waals surface area contributed by atoms with Crippen molar-refractivity contribution in [2.24, 2.45) is 0 Å². The van der Waals surface area contributed by atoms with Crippen molar-refractivity contribution in [3.63, 3.8) is 0 Å². The van der Waals surface area contributed by atoms with Gasteiger partial charge in [0.15, 0.2) is 0 Å². The number of sulfonamides is 1. The molecule has 0 spiro atoms. The molecule has 0 radical (unpaired) electrons. The van der Waals surface area contributed by atoms with E-state index >= 15 is 0 Å². The number of hydrogen-bond donors (Lipinski definition) is 1. The van der Waals surface area contributed by atoms with Crippen LogP contribution in [-0.4, -0.2) is 45.5 Å². The molecule has 3 rings (SSSR count). The van der Waals surface area contributed by atoms with E-state index in [4.69, 9.17) is 4.74 Å². The second-order valence-electron chi connectivity index (χ2n) is 6.22. The molecule has 1 aliphatic heterocycles. The zero-order valence-electron chi connectivity index (χ0n) is 14.6. The third-order valence-electron chi connectivity index (χ3n) is 4.31. The van der Waals surface area contributed by atoms with Crippen LogP contribution in [0.3, 0.4) is 0 Å². The summed E-state index contributed by atoms with van der Waals surface area (Å²) >= 11 is 0. The Kier molecular flexibility index (Phi) is 5.70. The van der Waals surface area contributed by atoms with E-state index in [1.54, 1.807) is 53.4 Å². The molecule has 1 atom stereocenters. The molecule has 1 saturated heterocycles. The Morgan fingerprint density at radius 3 is 2.27 bits per heavy atom. The van der Waals surface area contributed by atoms with E-state index in [1.165, 1.54) is 0 Å². The summed E-state index contributed by atoms with van der Waals surface area (Å²) in [4.78, 5) is 14.8. The maximum atomic E-state index is 13.0. The molecule has 0 aromatic heterocycles. The van der Waals surface area contributed by atoms with E-state index in [9.17, 15) is 13.2 Å². The van der Waals surface area contributed by atoms with Gasteiger partial charge in [-0.1, -0.05) is 48.0 Å². The predicted octanol–water partition coefficient (Wildman–Crippen LogP) is 1.87. The Labute approximate surface area is 153 Å². The number of hydrogen-bond acceptors (Lipinski definition) is 4. The minimum Gasteiger partial charge on any atom is -0.378 e. The number of carbonyl (C=O) groups excluding carboxylic acids is 1. The van der Waals surface area contributed by atoms with E-state index < -0.39 is 16.1 Å². The Hall–Kier alpha value is -2.22. The van der Waals surface area contributed by atoms with E-state index in [-0.39, 0.29) is 10.8 Å². The van der Waals surface area contributed by atoms with E-state index in [0.29, 0.717) is 31.9 Å². The van der Waals surface area contributed by atoms with Crippen molar-refractivity contribution in [3.8, 4) is 0 Å². The predicted molar refractivity (Wildman–Crippen MR) is 98.1 cm³/mol. The van der Waals surface area contributed by atoms with Crippen LogP contribution in [0.15, 0.2) is 59.5 Å². The first-order chi connectivity index (χ1) is 12.5. The van der Waals surface area contributed by atoms with Gasteiger partial charge in [-0.05, 0) is 24.6 Å². The SMILES string of the molecule is Cc1ccc(S(=O)(=O)N[C@H](C(=O)N2CCOCC2)c2ccccc2)cc1. The number of nitrogens with one attached hydrogen (secondary N) is 1. The lowest BCUT2D eigenvalue weighted by atomic mass is 10.1. The van der Waals surface area contributed by atoms with Crippen molar-refractivity contribution in [1.29, 1.82) is 0 Å². The van der Waals surface area contributed by atoms with Crippen LogP contribution in [0.5, 0.6) is 0 Å². The molecule has 7 heteroatoms. The van der Waals surface area contributed by atoms with Gasteiger partial charge in [0.05, 0.1) is 18.1 Å². The molecule has 26 heavy (non-hydrogen) atoms. The largest absolute Gasteiger partial charge is 0.378 e. The van der Waals surface area contributed by atoms with Crippen LogP contribution in [0.1, 0.15) is 17.2 Å². The number of carbonyl (C=O) groups is 1. The molecule has 138 valence electrons. The number of morpholine rings is 1. The van der Waals surface area contributed by atoms with Gasteiger partial charge in [0, 0.05) is 13.1 Å². The maximum Gasteiger partial charge on any atom is 0.245 e. The van der Waals surface area contributed by atoms with E-state index in [1.807, 2.05) is 13.0 Å². The highest BCUT2D eigenvalue weighted by Gasteiger charge is 2.31. The maximum absolute atomic E-state index is 13.0. The van der Waals surface area contributed by atoms with Gasteiger partial charge in [0.2, 0.25) is 15.9 Å². The number of ether oxygens (including phenoxy) is 1. The zero-order chi connectivity index (χ0) is 18.6. The Morgan fingerprint density at radius 1 is 1.04 bits per heavy atom. The van der Waals surface area contributed by atoms with E-state index in [0.717, 1.165) is 5.56 Å². The van der Waals surface area contributed by atoms with Gasteiger partial charge in [-0.25, -0.2) is 8.42 Å². The lowest BCUT2D eigenvalue weighted by Gasteiger charge is -2.30. The highest BCUT2D eigenvalue weighted by atomic mass is 32.2. The molecule has 2 aromatic carbocycles. The number of rotatable bonds is 5. The van der Waals surface area contributed by atoms with Gasteiger partial charge >= 0.3 is 0 Å². The second kappa shape index (κ2) is 7.99. The molecule has 1 N–H and O–H groups in total. The van der Waals surface area contributed by atoms with Crippen molar-refractivity contribution in [1.82, 2.24) is 9.62 Å². The van der Waals surface area contributed by atoms with Gasteiger partial charge < -0.3 is 9.64 Å². The third-order valence-corrected chi connectivity index (χ3v) is 5.75. The van der Waals surface area contributed by atoms with Gasteiger partial charge in [0.25, 0.3) is 0 Å².